The Morgan fingerprint density at radius 3 is 2.50 bits per heavy atom. The van der Waals surface area contributed by atoms with Gasteiger partial charge in [0.05, 0.1) is 17.2 Å². The summed E-state index contributed by atoms with van der Waals surface area (Å²) in [7, 11) is 1.64. The van der Waals surface area contributed by atoms with Crippen molar-refractivity contribution in [1.82, 2.24) is 0 Å². The molecule has 0 spiro atoms. The third kappa shape index (κ3) is 3.81. The van der Waals surface area contributed by atoms with Gasteiger partial charge in [-0.05, 0) is 35.9 Å². The smallest absolute Gasteiger partial charge is 0.124 e. The van der Waals surface area contributed by atoms with Crippen LogP contribution in [0.4, 0.5) is 0 Å². The number of benzene rings is 2. The van der Waals surface area contributed by atoms with Gasteiger partial charge in [0.15, 0.2) is 0 Å². The molecule has 0 unspecified atom stereocenters. The summed E-state index contributed by atoms with van der Waals surface area (Å²) in [5.41, 5.74) is 2.00. The lowest BCUT2D eigenvalue weighted by Crippen LogP contribution is -1.98. The second kappa shape index (κ2) is 7.21. The monoisotopic (exact) mass is 374 g/mol. The lowest BCUT2D eigenvalue weighted by atomic mass is 10.2. The highest BCUT2D eigenvalue weighted by molar-refractivity contribution is 9.08. The normalized spacial score (nSPS) is 10.4. The second-order valence-corrected chi connectivity index (χ2v) is 5.52. The van der Waals surface area contributed by atoms with E-state index in [1.165, 1.54) is 0 Å². The fraction of sp³-hybridized carbons (Fsp3) is 0.200. The molecule has 0 aliphatic heterocycles. The van der Waals surface area contributed by atoms with E-state index < -0.39 is 0 Å². The molecule has 0 amide bonds. The van der Waals surface area contributed by atoms with Crippen LogP contribution in [0.5, 0.6) is 11.5 Å². The second-order valence-electron chi connectivity index (χ2n) is 4.14. The molecule has 106 valence electrons. The van der Waals surface area contributed by atoms with Crippen LogP contribution in [0.1, 0.15) is 11.1 Å². The van der Waals surface area contributed by atoms with Crippen LogP contribution in [-0.2, 0) is 11.9 Å². The van der Waals surface area contributed by atoms with Crippen molar-refractivity contribution in [1.29, 1.82) is 0 Å². The summed E-state index contributed by atoms with van der Waals surface area (Å²) in [5.74, 6) is 1.62. The molecule has 0 aliphatic rings. The summed E-state index contributed by atoms with van der Waals surface area (Å²) >= 11 is 15.3. The van der Waals surface area contributed by atoms with E-state index in [0.29, 0.717) is 22.0 Å². The molecule has 20 heavy (non-hydrogen) atoms. The van der Waals surface area contributed by atoms with Gasteiger partial charge in [-0.2, -0.15) is 0 Å². The number of halogens is 3. The fourth-order valence-electron chi connectivity index (χ4n) is 1.72. The van der Waals surface area contributed by atoms with E-state index in [1.807, 2.05) is 24.3 Å². The van der Waals surface area contributed by atoms with Gasteiger partial charge < -0.3 is 9.47 Å². The molecule has 0 saturated carbocycles. The van der Waals surface area contributed by atoms with Crippen molar-refractivity contribution >= 4 is 39.1 Å². The van der Waals surface area contributed by atoms with Gasteiger partial charge in [-0.25, -0.2) is 0 Å². The molecule has 0 saturated heterocycles. The molecular formula is C15H13BrCl2O2. The van der Waals surface area contributed by atoms with E-state index >= 15 is 0 Å². The number of hydrogen-bond donors (Lipinski definition) is 0. The topological polar surface area (TPSA) is 18.5 Å². The van der Waals surface area contributed by atoms with E-state index in [4.69, 9.17) is 32.7 Å². The number of alkyl halides is 1. The zero-order chi connectivity index (χ0) is 14.5. The van der Waals surface area contributed by atoms with Crippen molar-refractivity contribution in [2.24, 2.45) is 0 Å². The molecule has 0 aromatic heterocycles. The molecule has 0 radical (unpaired) electrons. The minimum atomic E-state index is 0.434. The maximum Gasteiger partial charge on any atom is 0.124 e. The highest BCUT2D eigenvalue weighted by Crippen LogP contribution is 2.28. The quantitative estimate of drug-likeness (QED) is 0.644. The minimum Gasteiger partial charge on any atom is -0.497 e. The minimum absolute atomic E-state index is 0.434. The lowest BCUT2D eigenvalue weighted by Gasteiger charge is -2.12. The highest BCUT2D eigenvalue weighted by atomic mass is 79.9. The maximum absolute atomic E-state index is 5.98. The van der Waals surface area contributed by atoms with E-state index in [0.717, 1.165) is 22.6 Å². The zero-order valence-electron chi connectivity index (χ0n) is 10.8. The third-order valence-electron chi connectivity index (χ3n) is 2.79. The Balaban J connectivity index is 2.12. The van der Waals surface area contributed by atoms with E-state index in [-0.39, 0.29) is 0 Å². The Kier molecular flexibility index (Phi) is 5.58. The maximum atomic E-state index is 5.98. The Morgan fingerprint density at radius 2 is 1.85 bits per heavy atom. The average Bonchev–Trinajstić information content (AvgIpc) is 2.48. The van der Waals surface area contributed by atoms with Crippen LogP contribution >= 0.6 is 39.1 Å². The summed E-state index contributed by atoms with van der Waals surface area (Å²) in [6.07, 6.45) is 0. The van der Waals surface area contributed by atoms with Gasteiger partial charge in [-0.15, -0.1) is 0 Å². The van der Waals surface area contributed by atoms with E-state index in [9.17, 15) is 0 Å². The van der Waals surface area contributed by atoms with E-state index in [1.54, 1.807) is 19.2 Å². The molecular weight excluding hydrogens is 363 g/mol. The van der Waals surface area contributed by atoms with Crippen LogP contribution in [0.15, 0.2) is 36.4 Å². The highest BCUT2D eigenvalue weighted by Gasteiger charge is 2.06. The summed E-state index contributed by atoms with van der Waals surface area (Å²) in [4.78, 5) is 0. The molecule has 0 N–H and O–H groups in total. The van der Waals surface area contributed by atoms with Crippen molar-refractivity contribution in [3.63, 3.8) is 0 Å². The summed E-state index contributed by atoms with van der Waals surface area (Å²) in [5, 5.41) is 1.77. The van der Waals surface area contributed by atoms with Crippen molar-refractivity contribution in [3.8, 4) is 11.5 Å². The number of ether oxygens (including phenoxy) is 2. The fourth-order valence-corrected chi connectivity index (χ4v) is 2.48. The first-order valence-corrected chi connectivity index (χ1v) is 7.81. The number of methoxy groups -OCH3 is 1. The first kappa shape index (κ1) is 15.5. The summed E-state index contributed by atoms with van der Waals surface area (Å²) < 4.78 is 11.0. The average molecular weight is 376 g/mol. The van der Waals surface area contributed by atoms with Gasteiger partial charge in [0.25, 0.3) is 0 Å². The predicted octanol–water partition coefficient (Wildman–Crippen LogP) is 5.48. The molecule has 2 nitrogen and oxygen atoms in total. The van der Waals surface area contributed by atoms with Crippen molar-refractivity contribution < 1.29 is 9.47 Å². The third-order valence-corrected chi connectivity index (χ3v) is 4.13. The van der Waals surface area contributed by atoms with E-state index in [2.05, 4.69) is 15.9 Å². The Labute approximate surface area is 136 Å². The standard InChI is InChI=1S/C15H13BrCl2O2/c1-19-12-3-5-15(11(7-12)8-16)20-9-10-2-4-13(17)14(18)6-10/h2-7H,8-9H2,1H3. The zero-order valence-corrected chi connectivity index (χ0v) is 13.9. The van der Waals surface area contributed by atoms with Crippen LogP contribution in [0.2, 0.25) is 10.0 Å². The van der Waals surface area contributed by atoms with Gasteiger partial charge in [-0.3, -0.25) is 0 Å². The summed E-state index contributed by atoms with van der Waals surface area (Å²) in [6.45, 7) is 0.434. The van der Waals surface area contributed by atoms with Gasteiger partial charge in [0, 0.05) is 10.9 Å². The van der Waals surface area contributed by atoms with Crippen LogP contribution in [-0.4, -0.2) is 7.11 Å². The van der Waals surface area contributed by atoms with Crippen LogP contribution in [0.3, 0.4) is 0 Å². The molecule has 2 aromatic rings. The van der Waals surface area contributed by atoms with Crippen molar-refractivity contribution in [3.05, 3.63) is 57.6 Å². The first-order chi connectivity index (χ1) is 9.63. The number of hydrogen-bond acceptors (Lipinski definition) is 2. The molecule has 5 heteroatoms. The van der Waals surface area contributed by atoms with Crippen molar-refractivity contribution in [2.45, 2.75) is 11.9 Å². The van der Waals surface area contributed by atoms with Gasteiger partial charge in [0.1, 0.15) is 18.1 Å². The molecule has 2 aromatic carbocycles. The molecule has 0 aliphatic carbocycles. The molecule has 0 fully saturated rings. The molecule has 0 heterocycles. The SMILES string of the molecule is COc1ccc(OCc2ccc(Cl)c(Cl)c2)c(CBr)c1. The Morgan fingerprint density at radius 1 is 1.05 bits per heavy atom. The van der Waals surface area contributed by atoms with Gasteiger partial charge in [-0.1, -0.05) is 45.2 Å². The molecule has 2 rings (SSSR count). The van der Waals surface area contributed by atoms with Gasteiger partial charge in [0.2, 0.25) is 0 Å². The number of rotatable bonds is 5. The van der Waals surface area contributed by atoms with Gasteiger partial charge >= 0.3 is 0 Å². The summed E-state index contributed by atoms with van der Waals surface area (Å²) in [6, 6.07) is 11.2. The van der Waals surface area contributed by atoms with Crippen LogP contribution in [0, 0.1) is 0 Å². The Bertz CT molecular complexity index is 602. The first-order valence-electron chi connectivity index (χ1n) is 5.93. The molecule has 0 bridgehead atoms. The van der Waals surface area contributed by atoms with Crippen LogP contribution in [0.25, 0.3) is 0 Å². The largest absolute Gasteiger partial charge is 0.497 e. The van der Waals surface area contributed by atoms with Crippen LogP contribution < -0.4 is 9.47 Å². The van der Waals surface area contributed by atoms with Crippen molar-refractivity contribution in [2.75, 3.05) is 7.11 Å². The predicted molar refractivity (Wildman–Crippen MR) is 86.4 cm³/mol. The Hall–Kier alpha value is -0.900. The lowest BCUT2D eigenvalue weighted by molar-refractivity contribution is 0.303. The molecule has 0 atom stereocenters.